The minimum Gasteiger partial charge on any atom is -0.858 e. The van der Waals surface area contributed by atoms with E-state index in [-0.39, 0.29) is 16.8 Å². The topological polar surface area (TPSA) is 82.1 Å². The van der Waals surface area contributed by atoms with Crippen LogP contribution in [-0.4, -0.2) is 21.6 Å². The van der Waals surface area contributed by atoms with Gasteiger partial charge in [-0.3, -0.25) is 9.59 Å². The zero-order valence-electron chi connectivity index (χ0n) is 18.5. The van der Waals surface area contributed by atoms with Crippen molar-refractivity contribution < 1.29 is 19.3 Å². The van der Waals surface area contributed by atoms with Gasteiger partial charge in [-0.05, 0) is 48.7 Å². The van der Waals surface area contributed by atoms with Crippen molar-refractivity contribution >= 4 is 52.0 Å². The third-order valence-electron chi connectivity index (χ3n) is 5.65. The number of amides is 2. The number of anilines is 1. The Bertz CT molecular complexity index is 1510. The first kappa shape index (κ1) is 22.8. The molecule has 0 fully saturated rings. The summed E-state index contributed by atoms with van der Waals surface area (Å²) in [7, 11) is 0. The van der Waals surface area contributed by atoms with Gasteiger partial charge in [-0.1, -0.05) is 48.3 Å². The van der Waals surface area contributed by atoms with Gasteiger partial charge in [-0.15, -0.1) is 0 Å². The molecule has 0 bridgehead atoms. The summed E-state index contributed by atoms with van der Waals surface area (Å²) >= 11 is 12.3. The first-order valence-electron chi connectivity index (χ1n) is 10.8. The molecule has 1 aliphatic heterocycles. The highest BCUT2D eigenvalue weighted by atomic mass is 35.5. The zero-order chi connectivity index (χ0) is 24.7. The van der Waals surface area contributed by atoms with Crippen molar-refractivity contribution in [3.63, 3.8) is 0 Å². The van der Waals surface area contributed by atoms with Gasteiger partial charge in [0, 0.05) is 27.7 Å². The molecular weight excluding hydrogens is 487 g/mol. The average Bonchev–Trinajstić information content (AvgIpc) is 3.31. The molecular formula is C26H18Cl2N4O3. The summed E-state index contributed by atoms with van der Waals surface area (Å²) in [6, 6.07) is 18.4. The van der Waals surface area contributed by atoms with Gasteiger partial charge in [0.2, 0.25) is 0 Å². The molecule has 3 heterocycles. The highest BCUT2D eigenvalue weighted by Crippen LogP contribution is 2.39. The third kappa shape index (κ3) is 3.88. The second-order valence-corrected chi connectivity index (χ2v) is 8.68. The Kier molecular flexibility index (Phi) is 5.88. The van der Waals surface area contributed by atoms with Crippen LogP contribution < -0.4 is 14.6 Å². The molecule has 0 spiro atoms. The van der Waals surface area contributed by atoms with Crippen LogP contribution in [-0.2, 0) is 16.0 Å². The molecule has 2 aromatic carbocycles. The Labute approximate surface area is 211 Å². The van der Waals surface area contributed by atoms with Crippen molar-refractivity contribution in [2.75, 3.05) is 4.90 Å². The molecule has 0 atom stereocenters. The fourth-order valence-electron chi connectivity index (χ4n) is 4.11. The lowest BCUT2D eigenvalue weighted by molar-refractivity contribution is -0.576. The Morgan fingerprint density at radius 3 is 2.14 bits per heavy atom. The van der Waals surface area contributed by atoms with Crippen LogP contribution in [0.3, 0.4) is 0 Å². The number of hydrogen-bond acceptors (Lipinski definition) is 4. The van der Waals surface area contributed by atoms with Crippen molar-refractivity contribution in [3.05, 3.63) is 100 Å². The molecule has 0 N–H and O–H groups in total. The number of hydrogen-bond donors (Lipinski definition) is 0. The largest absolute Gasteiger partial charge is 0.858 e. The third-order valence-corrected chi connectivity index (χ3v) is 6.12. The Morgan fingerprint density at radius 2 is 1.51 bits per heavy atom. The SMILES string of the molecule is CCc1nn(-c2cccc(Cl)c2)c([O-])c1C1=C([n+]2ccccc2)C(=O)N(c2cccc(Cl)c2)C1=O. The van der Waals surface area contributed by atoms with E-state index in [0.29, 0.717) is 33.5 Å². The number of benzene rings is 2. The molecule has 0 radical (unpaired) electrons. The molecule has 2 aromatic heterocycles. The molecule has 1 aliphatic rings. The van der Waals surface area contributed by atoms with Crippen LogP contribution in [0.4, 0.5) is 5.69 Å². The number of carbonyl (C=O) groups excluding carboxylic acids is 2. The van der Waals surface area contributed by atoms with Crippen molar-refractivity contribution in [2.45, 2.75) is 13.3 Å². The first-order chi connectivity index (χ1) is 16.9. The molecule has 0 saturated heterocycles. The van der Waals surface area contributed by atoms with Gasteiger partial charge in [-0.25, -0.2) is 9.58 Å². The maximum absolute atomic E-state index is 13.8. The molecule has 0 unspecified atom stereocenters. The summed E-state index contributed by atoms with van der Waals surface area (Å²) in [5, 5.41) is 19.0. The van der Waals surface area contributed by atoms with Crippen LogP contribution in [0.25, 0.3) is 17.0 Å². The lowest BCUT2D eigenvalue weighted by Gasteiger charge is -2.16. The quantitative estimate of drug-likeness (QED) is 0.303. The highest BCUT2D eigenvalue weighted by Gasteiger charge is 2.47. The maximum atomic E-state index is 13.8. The second kappa shape index (κ2) is 9.02. The summed E-state index contributed by atoms with van der Waals surface area (Å²) < 4.78 is 2.75. The number of pyridine rings is 1. The number of aromatic nitrogens is 3. The Balaban J connectivity index is 1.77. The van der Waals surface area contributed by atoms with Gasteiger partial charge < -0.3 is 5.11 Å². The normalized spacial score (nSPS) is 13.7. The van der Waals surface area contributed by atoms with Crippen LogP contribution >= 0.6 is 23.2 Å². The van der Waals surface area contributed by atoms with Crippen molar-refractivity contribution in [2.24, 2.45) is 0 Å². The average molecular weight is 505 g/mol. The van der Waals surface area contributed by atoms with E-state index >= 15 is 0 Å². The predicted molar refractivity (Wildman–Crippen MR) is 131 cm³/mol. The van der Waals surface area contributed by atoms with E-state index in [1.165, 1.54) is 15.3 Å². The number of rotatable bonds is 5. The van der Waals surface area contributed by atoms with E-state index in [2.05, 4.69) is 5.10 Å². The number of carbonyl (C=O) groups is 2. The highest BCUT2D eigenvalue weighted by molar-refractivity contribution is 6.53. The van der Waals surface area contributed by atoms with E-state index in [9.17, 15) is 14.7 Å². The van der Waals surface area contributed by atoms with Crippen LogP contribution in [0.2, 0.25) is 10.0 Å². The van der Waals surface area contributed by atoms with Crippen molar-refractivity contribution in [3.8, 4) is 11.6 Å². The van der Waals surface area contributed by atoms with Crippen LogP contribution in [0.15, 0.2) is 79.1 Å². The van der Waals surface area contributed by atoms with Gasteiger partial charge >= 0.3 is 5.91 Å². The van der Waals surface area contributed by atoms with Gasteiger partial charge in [0.1, 0.15) is 5.57 Å². The predicted octanol–water partition coefficient (Wildman–Crippen LogP) is 4.04. The van der Waals surface area contributed by atoms with Gasteiger partial charge in [0.15, 0.2) is 12.4 Å². The number of nitrogens with zero attached hydrogens (tertiary/aromatic N) is 4. The summed E-state index contributed by atoms with van der Waals surface area (Å²) in [6.07, 6.45) is 3.67. The summed E-state index contributed by atoms with van der Waals surface area (Å²) in [6.45, 7) is 1.83. The smallest absolute Gasteiger partial charge is 0.331 e. The van der Waals surface area contributed by atoms with E-state index in [4.69, 9.17) is 23.2 Å². The summed E-state index contributed by atoms with van der Waals surface area (Å²) in [4.78, 5) is 28.5. The Hall–Kier alpha value is -3.94. The second-order valence-electron chi connectivity index (χ2n) is 7.80. The molecule has 2 amide bonds. The molecule has 0 aliphatic carbocycles. The number of aryl methyl sites for hydroxylation is 1. The fourth-order valence-corrected chi connectivity index (χ4v) is 4.48. The van der Waals surface area contributed by atoms with Gasteiger partial charge in [0.25, 0.3) is 11.6 Å². The molecule has 35 heavy (non-hydrogen) atoms. The summed E-state index contributed by atoms with van der Waals surface area (Å²) in [5.41, 5.74) is 1.30. The minimum absolute atomic E-state index is 0.0127. The molecule has 7 nitrogen and oxygen atoms in total. The minimum atomic E-state index is -0.624. The van der Waals surface area contributed by atoms with Crippen molar-refractivity contribution in [1.29, 1.82) is 0 Å². The lowest BCUT2D eigenvalue weighted by atomic mass is 10.0. The van der Waals surface area contributed by atoms with Gasteiger partial charge in [-0.2, -0.15) is 9.67 Å². The van der Waals surface area contributed by atoms with E-state index < -0.39 is 17.7 Å². The zero-order valence-corrected chi connectivity index (χ0v) is 20.0. The van der Waals surface area contributed by atoms with Crippen LogP contribution in [0.1, 0.15) is 18.2 Å². The molecule has 5 rings (SSSR count). The number of halogens is 2. The summed E-state index contributed by atoms with van der Waals surface area (Å²) in [5.74, 6) is -1.70. The van der Waals surface area contributed by atoms with Crippen molar-refractivity contribution in [1.82, 2.24) is 9.78 Å². The fraction of sp³-hybridized carbons (Fsp3) is 0.0769. The monoisotopic (exact) mass is 504 g/mol. The molecule has 174 valence electrons. The molecule has 9 heteroatoms. The standard InChI is InChI=1S/C26H18Cl2N4O3/c1-2-20-21(25(34)32(29-20)19-11-7-9-17(28)15-19)22-23(30-12-4-3-5-13-30)26(35)31(24(22)33)18-10-6-8-16(27)14-18/h3-15H,2H2,1H3. The van der Waals surface area contributed by atoms with E-state index in [0.717, 1.165) is 4.90 Å². The van der Waals surface area contributed by atoms with E-state index in [1.54, 1.807) is 73.1 Å². The van der Waals surface area contributed by atoms with Crippen LogP contribution in [0, 0.1) is 0 Å². The first-order valence-corrected chi connectivity index (χ1v) is 11.6. The maximum Gasteiger partial charge on any atom is 0.331 e. The molecule has 4 aromatic rings. The molecule has 0 saturated carbocycles. The van der Waals surface area contributed by atoms with Gasteiger partial charge in [0.05, 0.1) is 17.1 Å². The lowest BCUT2D eigenvalue weighted by Crippen LogP contribution is -2.39. The van der Waals surface area contributed by atoms with E-state index in [1.807, 2.05) is 6.92 Å². The Morgan fingerprint density at radius 1 is 0.886 bits per heavy atom. The van der Waals surface area contributed by atoms with Crippen LogP contribution in [0.5, 0.6) is 5.88 Å². The number of imide groups is 1.